The van der Waals surface area contributed by atoms with Gasteiger partial charge >= 0.3 is 13.2 Å². The summed E-state index contributed by atoms with van der Waals surface area (Å²) in [5, 5.41) is 3.18. The number of halogens is 4. The van der Waals surface area contributed by atoms with Gasteiger partial charge in [0, 0.05) is 35.4 Å². The molecule has 5 rings (SSSR count). The Bertz CT molecular complexity index is 1370. The number of alkyl halides is 4. The van der Waals surface area contributed by atoms with Gasteiger partial charge < -0.3 is 14.8 Å². The summed E-state index contributed by atoms with van der Waals surface area (Å²) < 4.78 is 81.6. The van der Waals surface area contributed by atoms with Crippen molar-refractivity contribution in [2.75, 3.05) is 5.75 Å². The average molecular weight is 554 g/mol. The van der Waals surface area contributed by atoms with Gasteiger partial charge in [-0.2, -0.15) is 17.6 Å². The molecule has 7 nitrogen and oxygen atoms in total. The van der Waals surface area contributed by atoms with Crippen molar-refractivity contribution in [3.63, 3.8) is 0 Å². The highest BCUT2D eigenvalue weighted by atomic mass is 32.2. The predicted octanol–water partition coefficient (Wildman–Crippen LogP) is 5.11. The Morgan fingerprint density at radius 2 is 1.42 bits per heavy atom. The fourth-order valence-corrected chi connectivity index (χ4v) is 6.50. The van der Waals surface area contributed by atoms with Crippen molar-refractivity contribution in [2.45, 2.75) is 44.8 Å². The van der Waals surface area contributed by atoms with Crippen LogP contribution in [0.1, 0.15) is 47.5 Å². The number of allylic oxidation sites excluding steroid dienone is 4. The van der Waals surface area contributed by atoms with E-state index in [4.69, 9.17) is 0 Å². The zero-order valence-electron chi connectivity index (χ0n) is 19.8. The first kappa shape index (κ1) is 27.4. The molecule has 2 aromatic carbocycles. The lowest BCUT2D eigenvalue weighted by atomic mass is 9.79. The minimum absolute atomic E-state index is 0.00894. The lowest BCUT2D eigenvalue weighted by Crippen LogP contribution is -2.32. The van der Waals surface area contributed by atoms with E-state index in [9.17, 15) is 35.6 Å². The first-order chi connectivity index (χ1) is 18.1. The maximum absolute atomic E-state index is 12.6. The summed E-state index contributed by atoms with van der Waals surface area (Å²) in [5.74, 6) is -0.684. The number of carbonyl (C=O) groups is 2. The van der Waals surface area contributed by atoms with E-state index in [-0.39, 0.29) is 27.9 Å². The monoisotopic (exact) mass is 553 g/mol. The van der Waals surface area contributed by atoms with E-state index in [1.807, 2.05) is 0 Å². The van der Waals surface area contributed by atoms with Crippen molar-refractivity contribution in [1.82, 2.24) is 5.32 Å². The normalized spacial score (nSPS) is 19.8. The average Bonchev–Trinajstić information content (AvgIpc) is 3.18. The number of hydrogen-bond donors (Lipinski definition) is 1. The van der Waals surface area contributed by atoms with Crippen LogP contribution in [-0.4, -0.2) is 39.5 Å². The molecule has 0 amide bonds. The molecule has 0 aromatic heterocycles. The summed E-state index contributed by atoms with van der Waals surface area (Å²) in [7, 11) is -3.47. The van der Waals surface area contributed by atoms with Gasteiger partial charge in [0.2, 0.25) is 0 Å². The summed E-state index contributed by atoms with van der Waals surface area (Å²) in [5.41, 5.74) is 2.94. The third-order valence-electron chi connectivity index (χ3n) is 6.24. The Labute approximate surface area is 216 Å². The third-order valence-corrected chi connectivity index (χ3v) is 8.14. The van der Waals surface area contributed by atoms with Crippen LogP contribution in [0.4, 0.5) is 17.6 Å². The molecule has 0 fully saturated rings. The summed E-state index contributed by atoms with van der Waals surface area (Å²) in [6.07, 6.45) is 2.83. The van der Waals surface area contributed by atoms with Gasteiger partial charge in [-0.15, -0.1) is 0 Å². The standard InChI is InChI=1S/C18H17F2NO4S.C8H6F2O2/c19-18(20)25-11-6-4-10(5-7-11)15-16-12(2-1-3-14(16)22)21-13-8-9-26(23,24)17(13)15;9-8(10)12-7-3-1-6(5-11)2-4-7/h4-7,15,18,21H,1-3,8-9H2;1-5,8H. The maximum Gasteiger partial charge on any atom is 0.387 e. The van der Waals surface area contributed by atoms with Crippen LogP contribution in [0.2, 0.25) is 0 Å². The van der Waals surface area contributed by atoms with Gasteiger partial charge in [-0.25, -0.2) is 8.42 Å². The SMILES string of the molecule is O=C1CCCC2=C1C(c1ccc(OC(F)F)cc1)C1=C(CCS1(=O)=O)N2.O=Cc1ccc(OC(F)F)cc1. The Morgan fingerprint density at radius 1 is 0.842 bits per heavy atom. The maximum atomic E-state index is 12.6. The number of benzene rings is 2. The van der Waals surface area contributed by atoms with E-state index in [1.54, 1.807) is 12.1 Å². The van der Waals surface area contributed by atoms with Crippen LogP contribution in [-0.2, 0) is 14.6 Å². The second-order valence-corrected chi connectivity index (χ2v) is 10.7. The zero-order chi connectivity index (χ0) is 27.4. The largest absolute Gasteiger partial charge is 0.435 e. The lowest BCUT2D eigenvalue weighted by molar-refractivity contribution is -0.116. The second kappa shape index (κ2) is 11.4. The number of ether oxygens (including phenoxy) is 2. The number of ketones is 1. The number of aldehydes is 1. The molecule has 3 aliphatic rings. The van der Waals surface area contributed by atoms with Crippen molar-refractivity contribution in [2.24, 2.45) is 0 Å². The summed E-state index contributed by atoms with van der Waals surface area (Å²) in [6.45, 7) is -5.76. The van der Waals surface area contributed by atoms with Crippen molar-refractivity contribution in [3.8, 4) is 11.5 Å². The lowest BCUT2D eigenvalue weighted by Gasteiger charge is -2.33. The number of nitrogens with one attached hydrogen (secondary N) is 1. The Balaban J connectivity index is 0.000000236. The fraction of sp³-hybridized carbons (Fsp3) is 0.308. The Morgan fingerprint density at radius 3 is 1.97 bits per heavy atom. The van der Waals surface area contributed by atoms with E-state index < -0.39 is 29.0 Å². The Hall–Kier alpha value is -3.67. The van der Waals surface area contributed by atoms with E-state index in [1.165, 1.54) is 36.4 Å². The highest BCUT2D eigenvalue weighted by Gasteiger charge is 2.44. The van der Waals surface area contributed by atoms with E-state index in [0.29, 0.717) is 47.9 Å². The fourth-order valence-electron chi connectivity index (χ4n) is 4.66. The molecule has 0 spiro atoms. The minimum Gasteiger partial charge on any atom is -0.435 e. The number of hydrogen-bond acceptors (Lipinski definition) is 7. The smallest absolute Gasteiger partial charge is 0.387 e. The zero-order valence-corrected chi connectivity index (χ0v) is 20.6. The molecule has 0 bridgehead atoms. The molecule has 12 heteroatoms. The van der Waals surface area contributed by atoms with Crippen LogP contribution in [0.15, 0.2) is 70.4 Å². The number of dihydropyridines is 1. The molecular formula is C26H23F4NO6S. The second-order valence-electron chi connectivity index (χ2n) is 8.65. The van der Waals surface area contributed by atoms with Gasteiger partial charge in [0.25, 0.3) is 0 Å². The molecule has 1 aliphatic carbocycles. The summed E-state index contributed by atoms with van der Waals surface area (Å²) in [6, 6.07) is 11.3. The molecule has 38 heavy (non-hydrogen) atoms. The topological polar surface area (TPSA) is 98.8 Å². The highest BCUT2D eigenvalue weighted by Crippen LogP contribution is 2.47. The van der Waals surface area contributed by atoms with Gasteiger partial charge in [-0.1, -0.05) is 12.1 Å². The van der Waals surface area contributed by atoms with E-state index in [2.05, 4.69) is 14.8 Å². The molecule has 1 N–H and O–H groups in total. The van der Waals surface area contributed by atoms with Crippen LogP contribution in [0, 0.1) is 0 Å². The van der Waals surface area contributed by atoms with Gasteiger partial charge in [0.05, 0.1) is 16.6 Å². The predicted molar refractivity (Wildman–Crippen MR) is 129 cm³/mol. The molecule has 2 aromatic rings. The number of rotatable bonds is 6. The van der Waals surface area contributed by atoms with Crippen LogP contribution >= 0.6 is 0 Å². The van der Waals surface area contributed by atoms with E-state index >= 15 is 0 Å². The number of carbonyl (C=O) groups excluding carboxylic acids is 2. The number of sulfone groups is 1. The molecular weight excluding hydrogens is 530 g/mol. The summed E-state index contributed by atoms with van der Waals surface area (Å²) >= 11 is 0. The van der Waals surface area contributed by atoms with Crippen LogP contribution in [0.3, 0.4) is 0 Å². The quantitative estimate of drug-likeness (QED) is 0.392. The van der Waals surface area contributed by atoms with Crippen molar-refractivity contribution >= 4 is 21.9 Å². The molecule has 2 aliphatic heterocycles. The van der Waals surface area contributed by atoms with Crippen molar-refractivity contribution < 1.29 is 45.0 Å². The van der Waals surface area contributed by atoms with Crippen molar-refractivity contribution in [1.29, 1.82) is 0 Å². The minimum atomic E-state index is -3.47. The van der Waals surface area contributed by atoms with E-state index in [0.717, 1.165) is 12.1 Å². The highest BCUT2D eigenvalue weighted by molar-refractivity contribution is 7.95. The number of Topliss-reactive ketones (excluding diaryl/α,β-unsaturated/α-hetero) is 1. The van der Waals surface area contributed by atoms with Gasteiger partial charge in [0.1, 0.15) is 17.8 Å². The van der Waals surface area contributed by atoms with Crippen LogP contribution in [0.25, 0.3) is 0 Å². The van der Waals surface area contributed by atoms with Crippen molar-refractivity contribution in [3.05, 3.63) is 81.5 Å². The van der Waals surface area contributed by atoms with Gasteiger partial charge in [-0.05, 0) is 54.8 Å². The molecule has 1 atom stereocenters. The molecule has 1 unspecified atom stereocenters. The first-order valence-electron chi connectivity index (χ1n) is 11.6. The van der Waals surface area contributed by atoms with Crippen LogP contribution < -0.4 is 14.8 Å². The molecule has 202 valence electrons. The molecule has 0 saturated heterocycles. The molecule has 0 saturated carbocycles. The van der Waals surface area contributed by atoms with Crippen LogP contribution in [0.5, 0.6) is 11.5 Å². The van der Waals surface area contributed by atoms with Gasteiger partial charge in [-0.3, -0.25) is 9.59 Å². The van der Waals surface area contributed by atoms with Gasteiger partial charge in [0.15, 0.2) is 15.6 Å². The molecule has 2 heterocycles. The first-order valence-corrected chi connectivity index (χ1v) is 13.3. The Kier molecular flexibility index (Phi) is 8.20. The summed E-state index contributed by atoms with van der Waals surface area (Å²) in [4.78, 5) is 23.0. The molecule has 0 radical (unpaired) electrons. The third kappa shape index (κ3) is 6.07.